The van der Waals surface area contributed by atoms with E-state index in [0.29, 0.717) is 13.1 Å². The molecule has 0 unspecified atom stereocenters. The van der Waals surface area contributed by atoms with Gasteiger partial charge >= 0.3 is 6.18 Å². The van der Waals surface area contributed by atoms with Gasteiger partial charge in [0, 0.05) is 30.1 Å². The molecule has 1 amide bonds. The van der Waals surface area contributed by atoms with Crippen molar-refractivity contribution < 1.29 is 22.7 Å². The van der Waals surface area contributed by atoms with Gasteiger partial charge in [-0.2, -0.15) is 13.2 Å². The van der Waals surface area contributed by atoms with Crippen LogP contribution in [-0.4, -0.2) is 47.8 Å². The standard InChI is InChI=1S/C14H19F3N2O2S/c1-9-7-22-12(18-9)11-4-3-5-19(6-11)13(20)10(2)21-8-14(15,16)17/h7,10-11H,3-6,8H2,1-2H3/t10-,11+/m0/s1. The van der Waals surface area contributed by atoms with E-state index in [-0.39, 0.29) is 11.8 Å². The van der Waals surface area contributed by atoms with Crippen LogP contribution in [0.25, 0.3) is 0 Å². The molecule has 124 valence electrons. The number of hydrogen-bond acceptors (Lipinski definition) is 4. The minimum Gasteiger partial charge on any atom is -0.359 e. The number of aryl methyl sites for hydroxylation is 1. The number of likely N-dealkylation sites (tertiary alicyclic amines) is 1. The lowest BCUT2D eigenvalue weighted by molar-refractivity contribution is -0.188. The molecular formula is C14H19F3N2O2S. The van der Waals surface area contributed by atoms with Crippen molar-refractivity contribution in [3.8, 4) is 0 Å². The Morgan fingerprint density at radius 3 is 2.91 bits per heavy atom. The van der Waals surface area contributed by atoms with Gasteiger partial charge in [0.2, 0.25) is 0 Å². The van der Waals surface area contributed by atoms with E-state index in [0.717, 1.165) is 23.5 Å². The monoisotopic (exact) mass is 336 g/mol. The van der Waals surface area contributed by atoms with Crippen molar-refractivity contribution >= 4 is 17.2 Å². The number of nitrogens with zero attached hydrogens (tertiary/aromatic N) is 2. The summed E-state index contributed by atoms with van der Waals surface area (Å²) in [6.07, 6.45) is -3.74. The van der Waals surface area contributed by atoms with Crippen LogP contribution in [0.4, 0.5) is 13.2 Å². The maximum absolute atomic E-state index is 12.2. The first-order valence-corrected chi connectivity index (χ1v) is 8.03. The van der Waals surface area contributed by atoms with E-state index >= 15 is 0 Å². The second-order valence-corrected chi connectivity index (χ2v) is 6.41. The first-order chi connectivity index (χ1) is 10.3. The van der Waals surface area contributed by atoms with E-state index in [9.17, 15) is 18.0 Å². The Morgan fingerprint density at radius 1 is 1.59 bits per heavy atom. The van der Waals surface area contributed by atoms with Gasteiger partial charge in [0.15, 0.2) is 0 Å². The molecule has 1 aliphatic heterocycles. The molecule has 2 rings (SSSR count). The zero-order valence-corrected chi connectivity index (χ0v) is 13.3. The van der Waals surface area contributed by atoms with E-state index in [2.05, 4.69) is 9.72 Å². The number of carbonyl (C=O) groups excluding carboxylic acids is 1. The maximum Gasteiger partial charge on any atom is 0.411 e. The third-order valence-electron chi connectivity index (χ3n) is 3.56. The molecule has 8 heteroatoms. The fourth-order valence-corrected chi connectivity index (χ4v) is 3.41. The molecule has 1 aromatic heterocycles. The Balaban J connectivity index is 1.92. The third kappa shape index (κ3) is 4.67. The summed E-state index contributed by atoms with van der Waals surface area (Å²) in [6, 6.07) is 0. The molecule has 2 heterocycles. The summed E-state index contributed by atoms with van der Waals surface area (Å²) < 4.78 is 41.1. The first-order valence-electron chi connectivity index (χ1n) is 7.15. The predicted octanol–water partition coefficient (Wildman–Crippen LogP) is 3.12. The molecule has 22 heavy (non-hydrogen) atoms. The van der Waals surface area contributed by atoms with Crippen molar-refractivity contribution in [2.24, 2.45) is 0 Å². The Kier molecular flexibility index (Phi) is 5.44. The first kappa shape index (κ1) is 17.2. The van der Waals surface area contributed by atoms with Crippen LogP contribution >= 0.6 is 11.3 Å². The summed E-state index contributed by atoms with van der Waals surface area (Å²) in [5.41, 5.74) is 0.949. The highest BCUT2D eigenvalue weighted by molar-refractivity contribution is 7.09. The molecule has 1 aromatic rings. The molecule has 4 nitrogen and oxygen atoms in total. The van der Waals surface area contributed by atoms with Gasteiger partial charge in [-0.05, 0) is 26.7 Å². The summed E-state index contributed by atoms with van der Waals surface area (Å²) >= 11 is 1.56. The van der Waals surface area contributed by atoms with Gasteiger partial charge in [0.05, 0.1) is 5.01 Å². The highest BCUT2D eigenvalue weighted by Crippen LogP contribution is 2.29. The molecule has 0 spiro atoms. The number of carbonyl (C=O) groups is 1. The van der Waals surface area contributed by atoms with Crippen molar-refractivity contribution in [1.29, 1.82) is 0 Å². The lowest BCUT2D eigenvalue weighted by atomic mass is 9.98. The number of piperidine rings is 1. The Bertz CT molecular complexity index is 518. The minimum absolute atomic E-state index is 0.159. The van der Waals surface area contributed by atoms with Crippen LogP contribution < -0.4 is 0 Å². The quantitative estimate of drug-likeness (QED) is 0.848. The smallest absolute Gasteiger partial charge is 0.359 e. The summed E-state index contributed by atoms with van der Waals surface area (Å²) in [4.78, 5) is 18.2. The lowest BCUT2D eigenvalue weighted by Crippen LogP contribution is -2.45. The van der Waals surface area contributed by atoms with Crippen LogP contribution in [0.2, 0.25) is 0 Å². The van der Waals surface area contributed by atoms with E-state index in [4.69, 9.17) is 0 Å². The van der Waals surface area contributed by atoms with Crippen LogP contribution in [0.15, 0.2) is 5.38 Å². The number of ether oxygens (including phenoxy) is 1. The predicted molar refractivity (Wildman–Crippen MR) is 76.9 cm³/mol. The van der Waals surface area contributed by atoms with Crippen molar-refractivity contribution in [3.05, 3.63) is 16.1 Å². The lowest BCUT2D eigenvalue weighted by Gasteiger charge is -2.33. The Morgan fingerprint density at radius 2 is 2.32 bits per heavy atom. The molecule has 0 saturated carbocycles. The largest absolute Gasteiger partial charge is 0.411 e. The zero-order valence-electron chi connectivity index (χ0n) is 12.5. The van der Waals surface area contributed by atoms with Crippen LogP contribution in [0, 0.1) is 6.92 Å². The van der Waals surface area contributed by atoms with Gasteiger partial charge < -0.3 is 9.64 Å². The van der Waals surface area contributed by atoms with E-state index in [1.165, 1.54) is 6.92 Å². The Labute approximate surface area is 131 Å². The Hall–Kier alpha value is -1.15. The fraction of sp³-hybridized carbons (Fsp3) is 0.714. The number of alkyl halides is 3. The molecule has 2 atom stereocenters. The summed E-state index contributed by atoms with van der Waals surface area (Å²) in [6.45, 7) is 2.93. The van der Waals surface area contributed by atoms with E-state index < -0.39 is 18.9 Å². The SMILES string of the molecule is Cc1csc([C@@H]2CCCN(C(=O)[C@H](C)OCC(F)(F)F)C2)n1. The van der Waals surface area contributed by atoms with Gasteiger partial charge in [0.1, 0.15) is 12.7 Å². The van der Waals surface area contributed by atoms with Crippen LogP contribution in [0.3, 0.4) is 0 Å². The molecule has 0 bridgehead atoms. The highest BCUT2D eigenvalue weighted by Gasteiger charge is 2.33. The number of aromatic nitrogens is 1. The van der Waals surface area contributed by atoms with E-state index in [1.54, 1.807) is 16.2 Å². The molecule has 1 fully saturated rings. The van der Waals surface area contributed by atoms with Crippen LogP contribution in [0.1, 0.15) is 36.4 Å². The van der Waals surface area contributed by atoms with Crippen LogP contribution in [0.5, 0.6) is 0 Å². The van der Waals surface area contributed by atoms with Gasteiger partial charge in [0.25, 0.3) is 5.91 Å². The van der Waals surface area contributed by atoms with Gasteiger partial charge in [-0.3, -0.25) is 4.79 Å². The number of amides is 1. The van der Waals surface area contributed by atoms with Crippen molar-refractivity contribution in [1.82, 2.24) is 9.88 Å². The molecule has 0 N–H and O–H groups in total. The number of halogens is 3. The van der Waals surface area contributed by atoms with Gasteiger partial charge in [-0.1, -0.05) is 0 Å². The maximum atomic E-state index is 12.2. The molecule has 0 radical (unpaired) electrons. The third-order valence-corrected chi connectivity index (χ3v) is 4.69. The van der Waals surface area contributed by atoms with Gasteiger partial charge in [-0.25, -0.2) is 4.98 Å². The molecular weight excluding hydrogens is 317 g/mol. The van der Waals surface area contributed by atoms with Crippen molar-refractivity contribution in [3.63, 3.8) is 0 Å². The average molecular weight is 336 g/mol. The number of hydrogen-bond donors (Lipinski definition) is 0. The van der Waals surface area contributed by atoms with E-state index in [1.807, 2.05) is 12.3 Å². The van der Waals surface area contributed by atoms with Crippen molar-refractivity contribution in [2.75, 3.05) is 19.7 Å². The fourth-order valence-electron chi connectivity index (χ4n) is 2.49. The zero-order chi connectivity index (χ0) is 16.3. The molecule has 0 aromatic carbocycles. The summed E-state index contributed by atoms with van der Waals surface area (Å²) in [5.74, 6) is -0.228. The second kappa shape index (κ2) is 6.95. The molecule has 0 aliphatic carbocycles. The van der Waals surface area contributed by atoms with Crippen molar-refractivity contribution in [2.45, 2.75) is 44.9 Å². The summed E-state index contributed by atoms with van der Waals surface area (Å²) in [5, 5.41) is 2.95. The minimum atomic E-state index is -4.42. The molecule has 1 aliphatic rings. The topological polar surface area (TPSA) is 42.4 Å². The molecule has 1 saturated heterocycles. The highest BCUT2D eigenvalue weighted by atomic mass is 32.1. The number of thiazole rings is 1. The normalized spacial score (nSPS) is 21.0. The van der Waals surface area contributed by atoms with Crippen LogP contribution in [-0.2, 0) is 9.53 Å². The second-order valence-electron chi connectivity index (χ2n) is 5.52. The van der Waals surface area contributed by atoms with Gasteiger partial charge in [-0.15, -0.1) is 11.3 Å². The summed E-state index contributed by atoms with van der Waals surface area (Å²) in [7, 11) is 0. The average Bonchev–Trinajstić information content (AvgIpc) is 2.90. The number of rotatable bonds is 4.